The first-order valence-electron chi connectivity index (χ1n) is 15.5. The van der Waals surface area contributed by atoms with E-state index in [-0.39, 0.29) is 17.9 Å². The summed E-state index contributed by atoms with van der Waals surface area (Å²) in [7, 11) is 3.75. The Morgan fingerprint density at radius 1 is 1.00 bits per heavy atom. The zero-order valence-corrected chi connectivity index (χ0v) is 27.0. The van der Waals surface area contributed by atoms with E-state index in [4.69, 9.17) is 11.6 Å². The third kappa shape index (κ3) is 8.22. The second-order valence-corrected chi connectivity index (χ2v) is 12.1. The minimum absolute atomic E-state index is 0.00562. The Balaban J connectivity index is 0.00000135. The van der Waals surface area contributed by atoms with Gasteiger partial charge in [-0.15, -0.1) is 0 Å². The number of amides is 2. The minimum Gasteiger partial charge on any atom is -0.323 e. The Hall–Kier alpha value is -3.26. The summed E-state index contributed by atoms with van der Waals surface area (Å²) in [6.45, 7) is 8.75. The monoisotopic (exact) mass is 603 g/mol. The van der Waals surface area contributed by atoms with Crippen LogP contribution < -0.4 is 10.6 Å². The first kappa shape index (κ1) is 32.6. The SMILES string of the molecule is CCCCCc1cc(C)nc(NC(=O)[C@H]2c3ccccc3C(=O)N2C2CCN(Cc3ccc(Cl)c(C)c3)CC2)c1.CNC. The first-order chi connectivity index (χ1) is 20.7. The van der Waals surface area contributed by atoms with Gasteiger partial charge in [0.2, 0.25) is 0 Å². The van der Waals surface area contributed by atoms with Crippen molar-refractivity contribution in [3.63, 3.8) is 0 Å². The van der Waals surface area contributed by atoms with Gasteiger partial charge in [0, 0.05) is 42.0 Å². The molecule has 3 heterocycles. The Morgan fingerprint density at radius 2 is 1.72 bits per heavy atom. The summed E-state index contributed by atoms with van der Waals surface area (Å²) < 4.78 is 0. The van der Waals surface area contributed by atoms with Crippen LogP contribution in [0.5, 0.6) is 0 Å². The molecule has 230 valence electrons. The number of likely N-dealkylation sites (tertiary alicyclic amines) is 1. The molecular formula is C35H46ClN5O2. The van der Waals surface area contributed by atoms with Gasteiger partial charge in [0.15, 0.2) is 0 Å². The second kappa shape index (κ2) is 15.5. The lowest BCUT2D eigenvalue weighted by Gasteiger charge is -2.39. The smallest absolute Gasteiger partial charge is 0.255 e. The van der Waals surface area contributed by atoms with Gasteiger partial charge >= 0.3 is 0 Å². The molecule has 1 fully saturated rings. The number of nitrogens with one attached hydrogen (secondary N) is 2. The highest BCUT2D eigenvalue weighted by molar-refractivity contribution is 6.31. The Morgan fingerprint density at radius 3 is 2.42 bits per heavy atom. The number of aromatic nitrogens is 1. The Bertz CT molecular complexity index is 1400. The van der Waals surface area contributed by atoms with Gasteiger partial charge < -0.3 is 15.5 Å². The molecule has 3 aromatic rings. The van der Waals surface area contributed by atoms with Gasteiger partial charge in [-0.1, -0.05) is 61.7 Å². The second-order valence-electron chi connectivity index (χ2n) is 11.7. The molecule has 0 radical (unpaired) electrons. The lowest BCUT2D eigenvalue weighted by atomic mass is 9.99. The van der Waals surface area contributed by atoms with Gasteiger partial charge in [-0.2, -0.15) is 0 Å². The number of benzene rings is 2. The number of nitrogens with zero attached hydrogens (tertiary/aromatic N) is 3. The van der Waals surface area contributed by atoms with Crippen LogP contribution in [0, 0.1) is 13.8 Å². The molecule has 0 aliphatic carbocycles. The summed E-state index contributed by atoms with van der Waals surface area (Å²) in [5, 5.41) is 6.61. The molecule has 0 spiro atoms. The lowest BCUT2D eigenvalue weighted by Crippen LogP contribution is -2.48. The highest BCUT2D eigenvalue weighted by Gasteiger charge is 2.45. The lowest BCUT2D eigenvalue weighted by molar-refractivity contribution is -0.121. The molecule has 0 saturated carbocycles. The van der Waals surface area contributed by atoms with Crippen molar-refractivity contribution in [2.45, 2.75) is 77.9 Å². The van der Waals surface area contributed by atoms with Crippen molar-refractivity contribution in [1.29, 1.82) is 0 Å². The van der Waals surface area contributed by atoms with E-state index in [1.165, 1.54) is 24.0 Å². The van der Waals surface area contributed by atoms with Crippen LogP contribution in [0.25, 0.3) is 0 Å². The number of halogens is 1. The predicted octanol–water partition coefficient (Wildman–Crippen LogP) is 6.72. The predicted molar refractivity (Wildman–Crippen MR) is 176 cm³/mol. The normalized spacial score (nSPS) is 16.9. The summed E-state index contributed by atoms with van der Waals surface area (Å²) in [4.78, 5) is 36.4. The van der Waals surface area contributed by atoms with Crippen molar-refractivity contribution in [3.05, 3.63) is 93.1 Å². The van der Waals surface area contributed by atoms with Crippen LogP contribution >= 0.6 is 11.6 Å². The van der Waals surface area contributed by atoms with E-state index in [1.54, 1.807) is 0 Å². The third-order valence-electron chi connectivity index (χ3n) is 8.16. The number of carbonyl (C=O) groups is 2. The maximum atomic E-state index is 13.9. The van der Waals surface area contributed by atoms with Crippen molar-refractivity contribution in [2.75, 3.05) is 32.5 Å². The molecule has 5 rings (SSSR count). The molecule has 2 aliphatic rings. The van der Waals surface area contributed by atoms with E-state index < -0.39 is 6.04 Å². The highest BCUT2D eigenvalue weighted by atomic mass is 35.5. The number of hydrogen-bond acceptors (Lipinski definition) is 5. The maximum absolute atomic E-state index is 13.9. The minimum atomic E-state index is -0.662. The van der Waals surface area contributed by atoms with Crippen LogP contribution in [0.15, 0.2) is 54.6 Å². The van der Waals surface area contributed by atoms with Gasteiger partial charge in [-0.25, -0.2) is 4.98 Å². The van der Waals surface area contributed by atoms with E-state index >= 15 is 0 Å². The molecule has 0 bridgehead atoms. The van der Waals surface area contributed by atoms with Crippen LogP contribution in [0.3, 0.4) is 0 Å². The number of rotatable bonds is 9. The number of pyridine rings is 1. The Kier molecular flexibility index (Phi) is 11.7. The number of aryl methyl sites for hydroxylation is 3. The fourth-order valence-corrected chi connectivity index (χ4v) is 6.24. The molecule has 7 nitrogen and oxygen atoms in total. The number of hydrogen-bond donors (Lipinski definition) is 2. The van der Waals surface area contributed by atoms with Crippen LogP contribution in [0.2, 0.25) is 5.02 Å². The number of fused-ring (bicyclic) bond motifs is 1. The number of unbranched alkanes of at least 4 members (excludes halogenated alkanes) is 2. The molecule has 1 aromatic heterocycles. The number of piperidine rings is 1. The van der Waals surface area contributed by atoms with Crippen molar-refractivity contribution in [2.24, 2.45) is 0 Å². The molecular weight excluding hydrogens is 558 g/mol. The van der Waals surface area contributed by atoms with Crippen LogP contribution in [-0.2, 0) is 17.8 Å². The van der Waals surface area contributed by atoms with E-state index in [9.17, 15) is 9.59 Å². The van der Waals surface area contributed by atoms with Gasteiger partial charge in [-0.05, 0) is 100 Å². The van der Waals surface area contributed by atoms with Crippen molar-refractivity contribution < 1.29 is 9.59 Å². The molecule has 1 atom stereocenters. The average molecular weight is 604 g/mol. The zero-order chi connectivity index (χ0) is 30.9. The zero-order valence-electron chi connectivity index (χ0n) is 26.3. The van der Waals surface area contributed by atoms with Gasteiger partial charge in [0.25, 0.3) is 11.8 Å². The summed E-state index contributed by atoms with van der Waals surface area (Å²) in [6.07, 6.45) is 6.06. The number of anilines is 1. The third-order valence-corrected chi connectivity index (χ3v) is 8.58. The number of carbonyl (C=O) groups excluding carboxylic acids is 2. The standard InChI is InChI=1S/C33H39ClN4O2.C2H7N/c1-4-5-6-9-24-19-23(3)35-30(20-24)36-32(39)31-27-10-7-8-11-28(27)33(40)38(31)26-14-16-37(17-15-26)21-25-12-13-29(34)22(2)18-25;1-3-2/h7-8,10-13,18-20,26,31H,4-6,9,14-17,21H2,1-3H3,(H,35,36,39);3H,1-2H3/t31-;/m1./s1. The fourth-order valence-electron chi connectivity index (χ4n) is 6.12. The molecule has 2 aliphatic heterocycles. The molecule has 1 saturated heterocycles. The fraction of sp³-hybridized carbons (Fsp3) is 0.457. The van der Waals surface area contributed by atoms with E-state index in [0.29, 0.717) is 11.4 Å². The molecule has 2 aromatic carbocycles. The summed E-state index contributed by atoms with van der Waals surface area (Å²) in [5.41, 5.74) is 5.78. The summed E-state index contributed by atoms with van der Waals surface area (Å²) >= 11 is 6.21. The molecule has 2 amide bonds. The van der Waals surface area contributed by atoms with Gasteiger partial charge in [-0.3, -0.25) is 14.5 Å². The van der Waals surface area contributed by atoms with Gasteiger partial charge in [0.1, 0.15) is 11.9 Å². The summed E-state index contributed by atoms with van der Waals surface area (Å²) in [6, 6.07) is 17.1. The topological polar surface area (TPSA) is 77.6 Å². The van der Waals surface area contributed by atoms with Crippen molar-refractivity contribution >= 4 is 29.2 Å². The largest absolute Gasteiger partial charge is 0.323 e. The van der Waals surface area contributed by atoms with Crippen LogP contribution in [0.1, 0.15) is 83.4 Å². The van der Waals surface area contributed by atoms with Crippen molar-refractivity contribution in [1.82, 2.24) is 20.1 Å². The van der Waals surface area contributed by atoms with Gasteiger partial charge in [0.05, 0.1) is 0 Å². The van der Waals surface area contributed by atoms with E-state index in [2.05, 4.69) is 45.6 Å². The molecule has 2 N–H and O–H groups in total. The van der Waals surface area contributed by atoms with E-state index in [1.807, 2.05) is 69.2 Å². The van der Waals surface area contributed by atoms with E-state index in [0.717, 1.165) is 67.2 Å². The molecule has 8 heteroatoms. The Labute approximate surface area is 262 Å². The van der Waals surface area contributed by atoms with Crippen LogP contribution in [0.4, 0.5) is 5.82 Å². The maximum Gasteiger partial charge on any atom is 0.255 e. The quantitative estimate of drug-likeness (QED) is 0.266. The van der Waals surface area contributed by atoms with Crippen LogP contribution in [-0.4, -0.2) is 59.8 Å². The van der Waals surface area contributed by atoms with Crippen molar-refractivity contribution in [3.8, 4) is 0 Å². The molecule has 43 heavy (non-hydrogen) atoms. The summed E-state index contributed by atoms with van der Waals surface area (Å²) in [5.74, 6) is 0.302. The highest BCUT2D eigenvalue weighted by Crippen LogP contribution is 2.38. The molecule has 0 unspecified atom stereocenters. The first-order valence-corrected chi connectivity index (χ1v) is 15.9. The average Bonchev–Trinajstić information content (AvgIpc) is 3.28.